The summed E-state index contributed by atoms with van der Waals surface area (Å²) in [7, 11) is 3.73. The highest BCUT2D eigenvalue weighted by molar-refractivity contribution is 9.10. The van der Waals surface area contributed by atoms with Crippen molar-refractivity contribution in [3.63, 3.8) is 0 Å². The van der Waals surface area contributed by atoms with Crippen molar-refractivity contribution in [2.75, 3.05) is 7.11 Å². The highest BCUT2D eigenvalue weighted by Crippen LogP contribution is 2.23. The summed E-state index contributed by atoms with van der Waals surface area (Å²) in [6, 6.07) is 6.29. The van der Waals surface area contributed by atoms with E-state index in [1.807, 2.05) is 24.0 Å². The summed E-state index contributed by atoms with van der Waals surface area (Å²) in [6.45, 7) is 2.10. The lowest BCUT2D eigenvalue weighted by Gasteiger charge is -2.10. The highest BCUT2D eigenvalue weighted by Gasteiger charge is 2.09. The van der Waals surface area contributed by atoms with Gasteiger partial charge in [0.15, 0.2) is 0 Å². The lowest BCUT2D eigenvalue weighted by Crippen LogP contribution is -2.01. The van der Waals surface area contributed by atoms with Crippen LogP contribution in [0.4, 0.5) is 0 Å². The monoisotopic (exact) mass is 308 g/mol. The van der Waals surface area contributed by atoms with Crippen LogP contribution in [0.5, 0.6) is 5.75 Å². The lowest BCUT2D eigenvalue weighted by atomic mass is 10.0. The van der Waals surface area contributed by atoms with Crippen molar-refractivity contribution in [1.82, 2.24) is 9.55 Å². The molecule has 0 saturated heterocycles. The molecule has 0 bridgehead atoms. The molecule has 18 heavy (non-hydrogen) atoms. The standard InChI is InChI=1S/C14H17BrN2O/c1-10-4-7-13(18-3)11(8-10)5-6-12-14(15)16-9-17(12)2/h4,7-9H,5-6H2,1-3H3. The number of hydrogen-bond acceptors (Lipinski definition) is 2. The van der Waals surface area contributed by atoms with Crippen LogP contribution in [0.25, 0.3) is 0 Å². The van der Waals surface area contributed by atoms with Crippen molar-refractivity contribution < 1.29 is 4.74 Å². The maximum Gasteiger partial charge on any atom is 0.127 e. The van der Waals surface area contributed by atoms with Crippen LogP contribution in [-0.2, 0) is 19.9 Å². The van der Waals surface area contributed by atoms with E-state index in [-0.39, 0.29) is 0 Å². The van der Waals surface area contributed by atoms with Gasteiger partial charge in [0.2, 0.25) is 0 Å². The maximum absolute atomic E-state index is 5.40. The summed E-state index contributed by atoms with van der Waals surface area (Å²) in [5.74, 6) is 0.957. The van der Waals surface area contributed by atoms with Gasteiger partial charge in [-0.1, -0.05) is 17.7 Å². The van der Waals surface area contributed by atoms with Gasteiger partial charge in [-0.2, -0.15) is 0 Å². The average Bonchev–Trinajstić information content (AvgIpc) is 2.67. The third-order valence-electron chi connectivity index (χ3n) is 3.08. The zero-order chi connectivity index (χ0) is 13.1. The van der Waals surface area contributed by atoms with E-state index in [4.69, 9.17) is 4.74 Å². The Morgan fingerprint density at radius 3 is 2.72 bits per heavy atom. The third kappa shape index (κ3) is 2.75. The fourth-order valence-electron chi connectivity index (χ4n) is 2.06. The number of benzene rings is 1. The number of nitrogens with zero attached hydrogens (tertiary/aromatic N) is 2. The van der Waals surface area contributed by atoms with Gasteiger partial charge >= 0.3 is 0 Å². The second kappa shape index (κ2) is 5.57. The van der Waals surface area contributed by atoms with Crippen molar-refractivity contribution in [2.45, 2.75) is 19.8 Å². The quantitative estimate of drug-likeness (QED) is 0.866. The van der Waals surface area contributed by atoms with Crippen LogP contribution in [0.2, 0.25) is 0 Å². The first-order chi connectivity index (χ1) is 8.61. The predicted molar refractivity (Wildman–Crippen MR) is 76.0 cm³/mol. The van der Waals surface area contributed by atoms with Gasteiger partial charge in [0.25, 0.3) is 0 Å². The molecule has 0 atom stereocenters. The predicted octanol–water partition coefficient (Wildman–Crippen LogP) is 3.28. The van der Waals surface area contributed by atoms with E-state index in [1.54, 1.807) is 7.11 Å². The van der Waals surface area contributed by atoms with Gasteiger partial charge in [-0.15, -0.1) is 0 Å². The minimum atomic E-state index is 0.927. The topological polar surface area (TPSA) is 27.1 Å². The van der Waals surface area contributed by atoms with Gasteiger partial charge in [-0.05, 0) is 47.3 Å². The first-order valence-electron chi connectivity index (χ1n) is 5.91. The van der Waals surface area contributed by atoms with Gasteiger partial charge in [0.05, 0.1) is 19.1 Å². The molecule has 0 saturated carbocycles. The summed E-state index contributed by atoms with van der Waals surface area (Å²) in [4.78, 5) is 4.24. The fraction of sp³-hybridized carbons (Fsp3) is 0.357. The van der Waals surface area contributed by atoms with Crippen molar-refractivity contribution in [3.05, 3.63) is 46.0 Å². The highest BCUT2D eigenvalue weighted by atomic mass is 79.9. The van der Waals surface area contributed by atoms with Crippen LogP contribution >= 0.6 is 15.9 Å². The lowest BCUT2D eigenvalue weighted by molar-refractivity contribution is 0.409. The Bertz CT molecular complexity index is 529. The number of aryl methyl sites for hydroxylation is 3. The summed E-state index contributed by atoms with van der Waals surface area (Å²) in [5.41, 5.74) is 3.71. The zero-order valence-electron chi connectivity index (χ0n) is 10.9. The van der Waals surface area contributed by atoms with Crippen LogP contribution < -0.4 is 4.74 Å². The molecule has 1 aromatic carbocycles. The SMILES string of the molecule is COc1ccc(C)cc1CCc1c(Br)ncn1C. The molecule has 0 unspecified atom stereocenters. The maximum atomic E-state index is 5.40. The molecule has 0 radical (unpaired) electrons. The second-order valence-electron chi connectivity index (χ2n) is 4.41. The van der Waals surface area contributed by atoms with Crippen LogP contribution in [0.15, 0.2) is 29.1 Å². The summed E-state index contributed by atoms with van der Waals surface area (Å²) in [6.07, 6.45) is 3.72. The Hall–Kier alpha value is -1.29. The molecular formula is C14H17BrN2O. The van der Waals surface area contributed by atoms with E-state index in [9.17, 15) is 0 Å². The second-order valence-corrected chi connectivity index (χ2v) is 5.16. The number of aromatic nitrogens is 2. The van der Waals surface area contributed by atoms with E-state index < -0.39 is 0 Å². The van der Waals surface area contributed by atoms with Crippen molar-refractivity contribution >= 4 is 15.9 Å². The summed E-state index contributed by atoms with van der Waals surface area (Å²) >= 11 is 3.48. The molecule has 0 fully saturated rings. The number of halogens is 1. The zero-order valence-corrected chi connectivity index (χ0v) is 12.5. The normalized spacial score (nSPS) is 10.7. The first kappa shape index (κ1) is 13.1. The minimum Gasteiger partial charge on any atom is -0.496 e. The molecule has 2 rings (SSSR count). The molecule has 3 nitrogen and oxygen atoms in total. The average molecular weight is 309 g/mol. The molecule has 0 aliphatic carbocycles. The van der Waals surface area contributed by atoms with Gasteiger partial charge in [-0.25, -0.2) is 4.98 Å². The number of imidazole rings is 1. The molecule has 0 N–H and O–H groups in total. The Kier molecular flexibility index (Phi) is 4.07. The minimum absolute atomic E-state index is 0.927. The van der Waals surface area contributed by atoms with Crippen molar-refractivity contribution in [3.8, 4) is 5.75 Å². The van der Waals surface area contributed by atoms with Crippen LogP contribution in [-0.4, -0.2) is 16.7 Å². The molecular weight excluding hydrogens is 292 g/mol. The molecule has 0 aliphatic rings. The number of hydrogen-bond donors (Lipinski definition) is 0. The summed E-state index contributed by atoms with van der Waals surface area (Å²) in [5, 5.41) is 0. The Morgan fingerprint density at radius 2 is 2.11 bits per heavy atom. The van der Waals surface area contributed by atoms with E-state index in [0.717, 1.165) is 23.2 Å². The van der Waals surface area contributed by atoms with Gasteiger partial charge < -0.3 is 9.30 Å². The molecule has 2 aromatic rings. The molecule has 0 aliphatic heterocycles. The number of rotatable bonds is 4. The van der Waals surface area contributed by atoms with E-state index in [0.29, 0.717) is 0 Å². The molecule has 1 aromatic heterocycles. The Balaban J connectivity index is 2.17. The largest absolute Gasteiger partial charge is 0.496 e. The molecule has 96 valence electrons. The van der Waals surface area contributed by atoms with Crippen LogP contribution in [0.1, 0.15) is 16.8 Å². The molecule has 1 heterocycles. The molecule has 4 heteroatoms. The first-order valence-corrected chi connectivity index (χ1v) is 6.70. The smallest absolute Gasteiger partial charge is 0.127 e. The third-order valence-corrected chi connectivity index (χ3v) is 3.74. The summed E-state index contributed by atoms with van der Waals surface area (Å²) < 4.78 is 8.37. The Labute approximate surface area is 116 Å². The van der Waals surface area contributed by atoms with Gasteiger partial charge in [0, 0.05) is 7.05 Å². The molecule has 0 spiro atoms. The van der Waals surface area contributed by atoms with E-state index >= 15 is 0 Å². The van der Waals surface area contributed by atoms with Crippen molar-refractivity contribution in [2.24, 2.45) is 7.05 Å². The number of methoxy groups -OCH3 is 1. The Morgan fingerprint density at radius 1 is 1.33 bits per heavy atom. The van der Waals surface area contributed by atoms with Crippen LogP contribution in [0, 0.1) is 6.92 Å². The van der Waals surface area contributed by atoms with E-state index in [2.05, 4.69) is 40.0 Å². The van der Waals surface area contributed by atoms with Gasteiger partial charge in [-0.3, -0.25) is 0 Å². The van der Waals surface area contributed by atoms with Gasteiger partial charge in [0.1, 0.15) is 10.4 Å². The fourth-order valence-corrected chi connectivity index (χ4v) is 2.63. The van der Waals surface area contributed by atoms with Crippen molar-refractivity contribution in [1.29, 1.82) is 0 Å². The van der Waals surface area contributed by atoms with Crippen LogP contribution in [0.3, 0.4) is 0 Å². The van der Waals surface area contributed by atoms with E-state index in [1.165, 1.54) is 16.8 Å². The molecule has 0 amide bonds. The number of ether oxygens (including phenoxy) is 1.